The monoisotopic (exact) mass is 427 g/mol. The van der Waals surface area contributed by atoms with Crippen LogP contribution >= 0.6 is 0 Å². The van der Waals surface area contributed by atoms with Gasteiger partial charge in [-0.2, -0.15) is 4.31 Å². The third-order valence-corrected chi connectivity index (χ3v) is 6.85. The number of benzene rings is 2. The number of hydrogen-bond acceptors (Lipinski definition) is 4. The molecule has 2 aromatic rings. The molecule has 0 aliphatic carbocycles. The van der Waals surface area contributed by atoms with E-state index in [9.17, 15) is 18.0 Å². The van der Waals surface area contributed by atoms with Gasteiger partial charge in [-0.15, -0.1) is 0 Å². The Labute approximate surface area is 176 Å². The predicted molar refractivity (Wildman–Crippen MR) is 114 cm³/mol. The number of nitrogens with one attached hydrogen (secondary N) is 2. The maximum atomic E-state index is 13.0. The number of nitrogens with zero attached hydrogens (tertiary/aromatic N) is 1. The summed E-state index contributed by atoms with van der Waals surface area (Å²) in [4.78, 5) is 24.0. The third kappa shape index (κ3) is 5.34. The molecule has 0 aromatic heterocycles. The van der Waals surface area contributed by atoms with Crippen molar-refractivity contribution in [1.82, 2.24) is 14.9 Å². The molecule has 2 aromatic carbocycles. The van der Waals surface area contributed by atoms with Crippen molar-refractivity contribution in [2.75, 3.05) is 13.1 Å². The molecule has 1 fully saturated rings. The van der Waals surface area contributed by atoms with Gasteiger partial charge in [0.05, 0.1) is 4.90 Å². The maximum Gasteiger partial charge on any atom is 0.251 e. The van der Waals surface area contributed by atoms with E-state index in [1.54, 1.807) is 0 Å². The molecule has 1 aliphatic heterocycles. The Morgan fingerprint density at radius 1 is 1.10 bits per heavy atom. The van der Waals surface area contributed by atoms with Crippen LogP contribution in [0.2, 0.25) is 0 Å². The number of carbonyl (C=O) groups is 2. The van der Waals surface area contributed by atoms with Gasteiger partial charge in [0.15, 0.2) is 0 Å². The van der Waals surface area contributed by atoms with Gasteiger partial charge in [-0.25, -0.2) is 8.42 Å². The van der Waals surface area contributed by atoms with E-state index in [1.807, 2.05) is 30.3 Å². The Morgan fingerprint density at radius 2 is 1.80 bits per heavy atom. The third-order valence-electron chi connectivity index (χ3n) is 4.97. The minimum atomic E-state index is -3.71. The molecule has 0 saturated carbocycles. The average molecular weight is 428 g/mol. The molecule has 0 unspecified atom stereocenters. The zero-order valence-electron chi connectivity index (χ0n) is 16.6. The molecule has 0 spiro atoms. The van der Waals surface area contributed by atoms with Crippen molar-refractivity contribution in [1.29, 1.82) is 0 Å². The molecule has 0 bridgehead atoms. The van der Waals surface area contributed by atoms with Crippen molar-refractivity contribution in [3.05, 3.63) is 78.4 Å². The zero-order chi connectivity index (χ0) is 21.6. The first-order chi connectivity index (χ1) is 14.4. The number of rotatable bonds is 7. The van der Waals surface area contributed by atoms with Crippen LogP contribution in [0, 0.1) is 0 Å². The smallest absolute Gasteiger partial charge is 0.251 e. The fourth-order valence-corrected chi connectivity index (χ4v) is 4.87. The van der Waals surface area contributed by atoms with Gasteiger partial charge in [-0.1, -0.05) is 36.9 Å². The summed E-state index contributed by atoms with van der Waals surface area (Å²) in [5, 5.41) is 5.58. The summed E-state index contributed by atoms with van der Waals surface area (Å²) in [6.07, 6.45) is 2.54. The minimum absolute atomic E-state index is 0.123. The van der Waals surface area contributed by atoms with Crippen molar-refractivity contribution in [2.24, 2.45) is 0 Å². The number of carbonyl (C=O) groups excluding carboxylic acids is 2. The lowest BCUT2D eigenvalue weighted by Gasteiger charge is -2.32. The van der Waals surface area contributed by atoms with Crippen molar-refractivity contribution >= 4 is 21.8 Å². The largest absolute Gasteiger partial charge is 0.349 e. The molecule has 1 atom stereocenters. The highest BCUT2D eigenvalue weighted by atomic mass is 32.2. The number of sulfonamides is 1. The molecule has 0 radical (unpaired) electrons. The second-order valence-electron chi connectivity index (χ2n) is 7.11. The Balaban J connectivity index is 1.64. The second kappa shape index (κ2) is 9.69. The van der Waals surface area contributed by atoms with Gasteiger partial charge < -0.3 is 10.6 Å². The first-order valence-corrected chi connectivity index (χ1v) is 11.2. The molecule has 8 heteroatoms. The fourth-order valence-electron chi connectivity index (χ4n) is 3.35. The molecule has 1 aliphatic rings. The van der Waals surface area contributed by atoms with Gasteiger partial charge in [-0.3, -0.25) is 9.59 Å². The van der Waals surface area contributed by atoms with Crippen LogP contribution in [0.25, 0.3) is 0 Å². The van der Waals surface area contributed by atoms with Gasteiger partial charge in [0, 0.05) is 31.2 Å². The summed E-state index contributed by atoms with van der Waals surface area (Å²) < 4.78 is 27.3. The molecular formula is C22H25N3O4S. The summed E-state index contributed by atoms with van der Waals surface area (Å²) in [6, 6.07) is 15.2. The van der Waals surface area contributed by atoms with Crippen LogP contribution in [0.1, 0.15) is 28.8 Å². The molecule has 2 amide bonds. The van der Waals surface area contributed by atoms with Gasteiger partial charge in [0.2, 0.25) is 15.9 Å². The Bertz CT molecular complexity index is 1000. The highest BCUT2D eigenvalue weighted by Crippen LogP contribution is 2.21. The lowest BCUT2D eigenvalue weighted by atomic mass is 10.1. The van der Waals surface area contributed by atoms with E-state index in [0.29, 0.717) is 31.5 Å². The number of piperidine rings is 1. The Hall–Kier alpha value is -2.97. The van der Waals surface area contributed by atoms with Gasteiger partial charge in [0.1, 0.15) is 0 Å². The Kier molecular flexibility index (Phi) is 7.02. The van der Waals surface area contributed by atoms with E-state index in [1.165, 1.54) is 34.6 Å². The zero-order valence-corrected chi connectivity index (χ0v) is 17.4. The van der Waals surface area contributed by atoms with Gasteiger partial charge in [-0.05, 0) is 48.7 Å². The molecule has 30 heavy (non-hydrogen) atoms. The highest BCUT2D eigenvalue weighted by molar-refractivity contribution is 7.89. The molecule has 158 valence electrons. The summed E-state index contributed by atoms with van der Waals surface area (Å²) in [5.74, 6) is -0.585. The van der Waals surface area contributed by atoms with Crippen LogP contribution in [-0.4, -0.2) is 43.7 Å². The fraction of sp³-hybridized carbons (Fsp3) is 0.273. The normalized spacial score (nSPS) is 17.1. The van der Waals surface area contributed by atoms with E-state index < -0.39 is 10.0 Å². The van der Waals surface area contributed by atoms with Crippen LogP contribution < -0.4 is 10.6 Å². The van der Waals surface area contributed by atoms with Crippen molar-refractivity contribution in [2.45, 2.75) is 30.3 Å². The van der Waals surface area contributed by atoms with E-state index in [-0.39, 0.29) is 29.3 Å². The summed E-state index contributed by atoms with van der Waals surface area (Å²) in [5.41, 5.74) is 1.37. The maximum absolute atomic E-state index is 13.0. The summed E-state index contributed by atoms with van der Waals surface area (Å²) in [7, 11) is -3.71. The second-order valence-corrected chi connectivity index (χ2v) is 9.05. The molecule has 2 N–H and O–H groups in total. The van der Waals surface area contributed by atoms with Crippen LogP contribution in [0.4, 0.5) is 0 Å². The molecule has 3 rings (SSSR count). The van der Waals surface area contributed by atoms with Crippen LogP contribution in [0.15, 0.2) is 72.1 Å². The van der Waals surface area contributed by atoms with Crippen LogP contribution in [0.3, 0.4) is 0 Å². The average Bonchev–Trinajstić information content (AvgIpc) is 2.78. The summed E-state index contributed by atoms with van der Waals surface area (Å²) in [6.45, 7) is 4.41. The van der Waals surface area contributed by atoms with E-state index in [2.05, 4.69) is 17.2 Å². The topological polar surface area (TPSA) is 95.6 Å². The van der Waals surface area contributed by atoms with Crippen molar-refractivity contribution < 1.29 is 18.0 Å². The van der Waals surface area contributed by atoms with E-state index in [4.69, 9.17) is 0 Å². The molecular weight excluding hydrogens is 402 g/mol. The first kappa shape index (κ1) is 21.7. The SMILES string of the molecule is C=CC(=O)N[C@H]1CCCN(S(=O)(=O)c2ccc(C(=O)NCc3ccccc3)cc2)C1. The highest BCUT2D eigenvalue weighted by Gasteiger charge is 2.30. The minimum Gasteiger partial charge on any atom is -0.349 e. The Morgan fingerprint density at radius 3 is 2.47 bits per heavy atom. The van der Waals surface area contributed by atoms with Crippen molar-refractivity contribution in [3.8, 4) is 0 Å². The van der Waals surface area contributed by atoms with Crippen molar-refractivity contribution in [3.63, 3.8) is 0 Å². The molecule has 7 nitrogen and oxygen atoms in total. The van der Waals surface area contributed by atoms with E-state index in [0.717, 1.165) is 5.56 Å². The standard InChI is InChI=1S/C22H25N3O4S/c1-2-21(26)24-19-9-6-14-25(16-19)30(28,29)20-12-10-18(11-13-20)22(27)23-15-17-7-4-3-5-8-17/h2-5,7-8,10-13,19H,1,6,9,14-16H2,(H,23,27)(H,24,26)/t19-/m0/s1. The quantitative estimate of drug-likeness (QED) is 0.662. The lowest BCUT2D eigenvalue weighted by Crippen LogP contribution is -2.49. The van der Waals surface area contributed by atoms with Gasteiger partial charge >= 0.3 is 0 Å². The van der Waals surface area contributed by atoms with Crippen LogP contribution in [-0.2, 0) is 21.4 Å². The van der Waals surface area contributed by atoms with Crippen LogP contribution in [0.5, 0.6) is 0 Å². The number of amides is 2. The number of hydrogen-bond donors (Lipinski definition) is 2. The van der Waals surface area contributed by atoms with E-state index >= 15 is 0 Å². The molecule has 1 heterocycles. The molecule has 1 saturated heterocycles. The lowest BCUT2D eigenvalue weighted by molar-refractivity contribution is -0.117. The van der Waals surface area contributed by atoms with Gasteiger partial charge in [0.25, 0.3) is 5.91 Å². The summed E-state index contributed by atoms with van der Waals surface area (Å²) >= 11 is 0. The first-order valence-electron chi connectivity index (χ1n) is 9.75. The predicted octanol–water partition coefficient (Wildman–Crippen LogP) is 2.07.